The molecule has 29 heavy (non-hydrogen) atoms. The zero-order valence-corrected chi connectivity index (χ0v) is 16.9. The minimum Gasteiger partial charge on any atom is -0.349 e. The predicted molar refractivity (Wildman–Crippen MR) is 109 cm³/mol. The van der Waals surface area contributed by atoms with Crippen molar-refractivity contribution in [1.82, 2.24) is 25.3 Å². The number of hydrogen-bond acceptors (Lipinski definition) is 4. The Balaban J connectivity index is 1.25. The summed E-state index contributed by atoms with van der Waals surface area (Å²) in [6.07, 6.45) is 3.15. The Morgan fingerprint density at radius 3 is 2.72 bits per heavy atom. The lowest BCUT2D eigenvalue weighted by molar-refractivity contribution is 0.0493. The molecule has 2 aromatic rings. The quantitative estimate of drug-likeness (QED) is 0.787. The first-order valence-electron chi connectivity index (χ1n) is 10.2. The zero-order chi connectivity index (χ0) is 20.0. The number of nitrogens with one attached hydrogen (secondary N) is 2. The molecule has 3 atom stereocenters. The summed E-state index contributed by atoms with van der Waals surface area (Å²) in [5.74, 6) is 0.215. The van der Waals surface area contributed by atoms with Crippen LogP contribution in [0.1, 0.15) is 51.7 Å². The molecule has 3 heterocycles. The van der Waals surface area contributed by atoms with E-state index in [9.17, 15) is 9.59 Å². The molecule has 2 aliphatic heterocycles. The predicted octanol–water partition coefficient (Wildman–Crippen LogP) is 2.27. The number of benzene rings is 1. The molecule has 2 amide bonds. The number of rotatable bonds is 5. The summed E-state index contributed by atoms with van der Waals surface area (Å²) < 4.78 is 0. The summed E-state index contributed by atoms with van der Waals surface area (Å²) >= 11 is 6.35. The Labute approximate surface area is 174 Å². The van der Waals surface area contributed by atoms with Crippen LogP contribution in [0.5, 0.6) is 0 Å². The van der Waals surface area contributed by atoms with Crippen LogP contribution in [0.4, 0.5) is 0 Å². The number of H-pyrrole nitrogens is 1. The second kappa shape index (κ2) is 7.46. The number of fused-ring (bicyclic) bond motifs is 2. The van der Waals surface area contributed by atoms with Crippen LogP contribution in [0.3, 0.4) is 0 Å². The molecular weight excluding hydrogens is 390 g/mol. The van der Waals surface area contributed by atoms with Crippen molar-refractivity contribution in [3.05, 3.63) is 52.3 Å². The standard InChI is InChI=1S/C21H24ClN5O2/c22-17-18(13-6-7-13)24-25-19(17)20(28)23-10-16-12-27(15-8-9-26(16)11-15)21(29)14-4-2-1-3-5-14/h1-5,13,15-16H,6-12H2,(H,23,28)(H,24,25). The van der Waals surface area contributed by atoms with Crippen molar-refractivity contribution in [2.75, 3.05) is 26.2 Å². The van der Waals surface area contributed by atoms with Gasteiger partial charge in [0.25, 0.3) is 11.8 Å². The summed E-state index contributed by atoms with van der Waals surface area (Å²) in [7, 11) is 0. The van der Waals surface area contributed by atoms with Crippen LogP contribution in [-0.4, -0.2) is 70.1 Å². The molecule has 2 N–H and O–H groups in total. The van der Waals surface area contributed by atoms with Crippen LogP contribution in [0.25, 0.3) is 0 Å². The van der Waals surface area contributed by atoms with E-state index in [-0.39, 0.29) is 29.6 Å². The highest BCUT2D eigenvalue weighted by atomic mass is 35.5. The first kappa shape index (κ1) is 18.6. The molecule has 0 spiro atoms. The van der Waals surface area contributed by atoms with E-state index in [2.05, 4.69) is 20.4 Å². The van der Waals surface area contributed by atoms with Crippen molar-refractivity contribution in [1.29, 1.82) is 0 Å². The van der Waals surface area contributed by atoms with Crippen LogP contribution in [0.15, 0.2) is 30.3 Å². The van der Waals surface area contributed by atoms with Crippen LogP contribution >= 0.6 is 11.6 Å². The average molecular weight is 414 g/mol. The van der Waals surface area contributed by atoms with E-state index in [1.807, 2.05) is 35.2 Å². The van der Waals surface area contributed by atoms with Crippen LogP contribution < -0.4 is 5.32 Å². The highest BCUT2D eigenvalue weighted by Gasteiger charge is 2.41. The number of amides is 2. The molecule has 8 heteroatoms. The third-order valence-electron chi connectivity index (χ3n) is 6.27. The van der Waals surface area contributed by atoms with Gasteiger partial charge in [-0.25, -0.2) is 0 Å². The van der Waals surface area contributed by atoms with E-state index in [1.54, 1.807) is 0 Å². The molecule has 3 aliphatic rings. The number of carbonyl (C=O) groups is 2. The van der Waals surface area contributed by atoms with E-state index < -0.39 is 0 Å². The van der Waals surface area contributed by atoms with Gasteiger partial charge in [-0.15, -0.1) is 0 Å². The van der Waals surface area contributed by atoms with Crippen molar-refractivity contribution in [3.63, 3.8) is 0 Å². The number of piperazine rings is 1. The molecule has 7 nitrogen and oxygen atoms in total. The van der Waals surface area contributed by atoms with E-state index in [1.165, 1.54) is 0 Å². The fraction of sp³-hybridized carbons (Fsp3) is 0.476. The maximum atomic E-state index is 13.0. The molecule has 1 aromatic carbocycles. The van der Waals surface area contributed by atoms with E-state index in [4.69, 9.17) is 11.6 Å². The zero-order valence-electron chi connectivity index (χ0n) is 16.1. The van der Waals surface area contributed by atoms with E-state index in [0.717, 1.165) is 38.0 Å². The third kappa shape index (κ3) is 3.53. The van der Waals surface area contributed by atoms with Gasteiger partial charge >= 0.3 is 0 Å². The molecule has 1 aromatic heterocycles. The Morgan fingerprint density at radius 2 is 1.97 bits per heavy atom. The number of carbonyl (C=O) groups excluding carboxylic acids is 2. The number of hydrogen-bond donors (Lipinski definition) is 2. The van der Waals surface area contributed by atoms with Crippen molar-refractivity contribution in [3.8, 4) is 0 Å². The molecule has 3 unspecified atom stereocenters. The van der Waals surface area contributed by atoms with Crippen LogP contribution in [-0.2, 0) is 0 Å². The van der Waals surface area contributed by atoms with Crippen molar-refractivity contribution >= 4 is 23.4 Å². The summed E-state index contributed by atoms with van der Waals surface area (Å²) in [6.45, 7) is 2.87. The molecule has 2 bridgehead atoms. The van der Waals surface area contributed by atoms with Gasteiger partial charge in [-0.05, 0) is 31.4 Å². The maximum Gasteiger partial charge on any atom is 0.273 e. The van der Waals surface area contributed by atoms with E-state index >= 15 is 0 Å². The number of aromatic amines is 1. The van der Waals surface area contributed by atoms with E-state index in [0.29, 0.717) is 29.6 Å². The van der Waals surface area contributed by atoms with Crippen molar-refractivity contribution in [2.45, 2.75) is 37.3 Å². The monoisotopic (exact) mass is 413 g/mol. The van der Waals surface area contributed by atoms with Gasteiger partial charge in [0.15, 0.2) is 5.69 Å². The van der Waals surface area contributed by atoms with Gasteiger partial charge in [-0.3, -0.25) is 19.6 Å². The highest BCUT2D eigenvalue weighted by molar-refractivity contribution is 6.34. The van der Waals surface area contributed by atoms with Gasteiger partial charge in [-0.2, -0.15) is 5.10 Å². The number of halogens is 1. The second-order valence-corrected chi connectivity index (χ2v) is 8.58. The van der Waals surface area contributed by atoms with Crippen LogP contribution in [0, 0.1) is 0 Å². The molecule has 1 saturated carbocycles. The van der Waals surface area contributed by atoms with Gasteiger partial charge in [0.2, 0.25) is 0 Å². The lowest BCUT2D eigenvalue weighted by atomic mass is 10.1. The van der Waals surface area contributed by atoms with Gasteiger partial charge in [-0.1, -0.05) is 29.8 Å². The molecule has 5 rings (SSSR count). The largest absolute Gasteiger partial charge is 0.349 e. The van der Waals surface area contributed by atoms with Gasteiger partial charge < -0.3 is 10.2 Å². The molecule has 2 saturated heterocycles. The Kier molecular flexibility index (Phi) is 4.80. The Hall–Kier alpha value is -2.38. The fourth-order valence-corrected chi connectivity index (χ4v) is 4.79. The Morgan fingerprint density at radius 1 is 1.17 bits per heavy atom. The summed E-state index contributed by atoms with van der Waals surface area (Å²) in [5, 5.41) is 10.5. The molecule has 152 valence electrons. The lowest BCUT2D eigenvalue weighted by Gasteiger charge is -2.40. The first-order valence-corrected chi connectivity index (χ1v) is 10.6. The summed E-state index contributed by atoms with van der Waals surface area (Å²) in [6, 6.07) is 9.74. The molecule has 3 fully saturated rings. The van der Waals surface area contributed by atoms with Gasteiger partial charge in [0.1, 0.15) is 0 Å². The third-order valence-corrected chi connectivity index (χ3v) is 6.66. The molecular formula is C21H24ClN5O2. The molecule has 0 radical (unpaired) electrons. The normalized spacial score (nSPS) is 25.8. The van der Waals surface area contributed by atoms with Gasteiger partial charge in [0.05, 0.1) is 10.7 Å². The average Bonchev–Trinajstić information content (AvgIpc) is 3.40. The van der Waals surface area contributed by atoms with Crippen LogP contribution in [0.2, 0.25) is 5.02 Å². The second-order valence-electron chi connectivity index (χ2n) is 8.20. The number of nitrogens with zero attached hydrogens (tertiary/aromatic N) is 3. The maximum absolute atomic E-state index is 13.0. The topological polar surface area (TPSA) is 81.3 Å². The first-order chi connectivity index (χ1) is 14.1. The smallest absolute Gasteiger partial charge is 0.273 e. The fourth-order valence-electron chi connectivity index (χ4n) is 4.46. The highest BCUT2D eigenvalue weighted by Crippen LogP contribution is 2.42. The van der Waals surface area contributed by atoms with Crippen molar-refractivity contribution < 1.29 is 9.59 Å². The molecule has 1 aliphatic carbocycles. The van der Waals surface area contributed by atoms with Gasteiger partial charge in [0, 0.05) is 49.7 Å². The Bertz CT molecular complexity index is 926. The minimum atomic E-state index is -0.264. The number of aromatic nitrogens is 2. The minimum absolute atomic E-state index is 0.0675. The van der Waals surface area contributed by atoms with Crippen molar-refractivity contribution in [2.24, 2.45) is 0 Å². The summed E-state index contributed by atoms with van der Waals surface area (Å²) in [5.41, 5.74) is 1.85. The summed E-state index contributed by atoms with van der Waals surface area (Å²) in [4.78, 5) is 30.0. The SMILES string of the molecule is O=C(NCC1CN(C(=O)c2ccccc2)C2CCN1C2)c1n[nH]c(C2CC2)c1Cl. The lowest BCUT2D eigenvalue weighted by Crippen LogP contribution is -2.57.